The summed E-state index contributed by atoms with van der Waals surface area (Å²) in [7, 11) is 0. The van der Waals surface area contributed by atoms with Gasteiger partial charge in [0.2, 0.25) is 0 Å². The fourth-order valence-corrected chi connectivity index (χ4v) is 0.258. The normalized spacial score (nSPS) is 11.9. The summed E-state index contributed by atoms with van der Waals surface area (Å²) in [5.74, 6) is 0.463. The molecule has 0 aromatic heterocycles. The van der Waals surface area contributed by atoms with Gasteiger partial charge in [0.15, 0.2) is 5.78 Å². The van der Waals surface area contributed by atoms with Crippen molar-refractivity contribution in [3.05, 3.63) is 0 Å². The molecule has 0 saturated heterocycles. The van der Waals surface area contributed by atoms with Gasteiger partial charge in [0.25, 0.3) is 0 Å². The minimum atomic E-state index is -0.787. The van der Waals surface area contributed by atoms with Crippen LogP contribution in [0.3, 0.4) is 0 Å². The Labute approximate surface area is 74.4 Å². The Balaban J connectivity index is 0. The second kappa shape index (κ2) is 8.68. The van der Waals surface area contributed by atoms with Crippen molar-refractivity contribution < 1.29 is 15.0 Å². The molecule has 12 heavy (non-hydrogen) atoms. The van der Waals surface area contributed by atoms with Crippen LogP contribution in [0.5, 0.6) is 0 Å². The topological polar surface area (TPSA) is 57.5 Å². The first kappa shape index (κ1) is 14.1. The number of ketones is 1. The van der Waals surface area contributed by atoms with Gasteiger partial charge >= 0.3 is 0 Å². The number of rotatable bonds is 3. The summed E-state index contributed by atoms with van der Waals surface area (Å²) >= 11 is 0. The Bertz CT molecular complexity index is 108. The molecule has 0 aromatic rings. The van der Waals surface area contributed by atoms with Gasteiger partial charge in [0.05, 0.1) is 0 Å². The van der Waals surface area contributed by atoms with Crippen LogP contribution in [0.1, 0.15) is 34.1 Å². The average molecular weight is 176 g/mol. The van der Waals surface area contributed by atoms with Crippen LogP contribution in [0, 0.1) is 5.92 Å². The highest BCUT2D eigenvalue weighted by atomic mass is 16.3. The summed E-state index contributed by atoms with van der Waals surface area (Å²) in [5.41, 5.74) is 0. The molecule has 1 atom stereocenters. The molecule has 0 aliphatic carbocycles. The van der Waals surface area contributed by atoms with Gasteiger partial charge in [-0.3, -0.25) is 4.79 Å². The molecule has 3 heteroatoms. The highest BCUT2D eigenvalue weighted by molar-refractivity contribution is 5.79. The van der Waals surface area contributed by atoms with Crippen LogP contribution in [-0.4, -0.2) is 28.7 Å². The van der Waals surface area contributed by atoms with Gasteiger partial charge in [-0.15, -0.1) is 0 Å². The molecular weight excluding hydrogens is 156 g/mol. The SMILES string of the molecule is CC(=O)C(C)O.CC(C)CCO. The Morgan fingerprint density at radius 1 is 1.33 bits per heavy atom. The highest BCUT2D eigenvalue weighted by Gasteiger charge is 1.97. The van der Waals surface area contributed by atoms with E-state index in [1.54, 1.807) is 0 Å². The molecule has 2 N–H and O–H groups in total. The summed E-state index contributed by atoms with van der Waals surface area (Å²) in [6, 6.07) is 0. The van der Waals surface area contributed by atoms with Gasteiger partial charge in [0, 0.05) is 6.61 Å². The van der Waals surface area contributed by atoms with Gasteiger partial charge in [-0.1, -0.05) is 13.8 Å². The third kappa shape index (κ3) is 16.3. The zero-order chi connectivity index (χ0) is 10.1. The zero-order valence-electron chi connectivity index (χ0n) is 8.37. The van der Waals surface area contributed by atoms with Crippen LogP contribution in [0.2, 0.25) is 0 Å². The lowest BCUT2D eigenvalue weighted by molar-refractivity contribution is -0.124. The molecule has 3 nitrogen and oxygen atoms in total. The molecule has 0 aliphatic rings. The van der Waals surface area contributed by atoms with Gasteiger partial charge in [0.1, 0.15) is 6.10 Å². The first-order valence-corrected chi connectivity index (χ1v) is 4.21. The van der Waals surface area contributed by atoms with E-state index in [-0.39, 0.29) is 5.78 Å². The van der Waals surface area contributed by atoms with E-state index in [1.807, 2.05) is 0 Å². The standard InChI is InChI=1S/C5H12O.C4H8O2/c1-5(2)3-4-6;1-3(5)4(2)6/h5-6H,3-4H2,1-2H3;3,5H,1-2H3. The monoisotopic (exact) mass is 176 g/mol. The van der Waals surface area contributed by atoms with Crippen LogP contribution < -0.4 is 0 Å². The van der Waals surface area contributed by atoms with Crippen molar-refractivity contribution in [2.24, 2.45) is 5.92 Å². The third-order valence-corrected chi connectivity index (χ3v) is 1.29. The van der Waals surface area contributed by atoms with Crippen LogP contribution in [0.15, 0.2) is 0 Å². The highest BCUT2D eigenvalue weighted by Crippen LogP contribution is 1.94. The van der Waals surface area contributed by atoms with Gasteiger partial charge in [-0.2, -0.15) is 0 Å². The summed E-state index contributed by atoms with van der Waals surface area (Å²) < 4.78 is 0. The number of hydrogen-bond acceptors (Lipinski definition) is 3. The quantitative estimate of drug-likeness (QED) is 0.674. The molecule has 74 valence electrons. The number of carbonyl (C=O) groups is 1. The van der Waals surface area contributed by atoms with E-state index in [0.29, 0.717) is 12.5 Å². The molecule has 0 rings (SSSR count). The van der Waals surface area contributed by atoms with Crippen molar-refractivity contribution >= 4 is 5.78 Å². The predicted molar refractivity (Wildman–Crippen MR) is 48.9 cm³/mol. The van der Waals surface area contributed by atoms with Crippen LogP contribution in [0.25, 0.3) is 0 Å². The van der Waals surface area contributed by atoms with Gasteiger partial charge < -0.3 is 10.2 Å². The van der Waals surface area contributed by atoms with Crippen LogP contribution >= 0.6 is 0 Å². The molecule has 0 amide bonds. The van der Waals surface area contributed by atoms with Crippen LogP contribution in [0.4, 0.5) is 0 Å². The molecule has 0 aliphatic heterocycles. The van der Waals surface area contributed by atoms with Gasteiger partial charge in [-0.05, 0) is 26.2 Å². The van der Waals surface area contributed by atoms with E-state index in [0.717, 1.165) is 6.42 Å². The molecular formula is C9H20O3. The lowest BCUT2D eigenvalue weighted by Crippen LogP contribution is -2.10. The predicted octanol–water partition coefficient (Wildman–Crippen LogP) is 0.981. The lowest BCUT2D eigenvalue weighted by Gasteiger charge is -1.95. The fraction of sp³-hybridized carbons (Fsp3) is 0.889. The van der Waals surface area contributed by atoms with E-state index in [1.165, 1.54) is 13.8 Å². The number of aliphatic hydroxyl groups is 2. The Morgan fingerprint density at radius 2 is 1.67 bits per heavy atom. The minimum absolute atomic E-state index is 0.185. The Kier molecular flexibility index (Phi) is 10.2. The summed E-state index contributed by atoms with van der Waals surface area (Å²) in [6.07, 6.45) is 0.144. The summed E-state index contributed by atoms with van der Waals surface area (Å²) in [6.45, 7) is 7.32. The van der Waals surface area contributed by atoms with E-state index in [4.69, 9.17) is 10.2 Å². The van der Waals surface area contributed by atoms with Crippen molar-refractivity contribution in [1.29, 1.82) is 0 Å². The number of hydrogen-bond donors (Lipinski definition) is 2. The Morgan fingerprint density at radius 3 is 1.67 bits per heavy atom. The van der Waals surface area contributed by atoms with Crippen molar-refractivity contribution in [3.8, 4) is 0 Å². The number of Topliss-reactive ketones (excluding diaryl/α,β-unsaturated/α-hetero) is 1. The first-order chi connectivity index (χ1) is 5.41. The lowest BCUT2D eigenvalue weighted by atomic mass is 10.2. The first-order valence-electron chi connectivity index (χ1n) is 4.21. The molecule has 0 saturated carbocycles. The van der Waals surface area contributed by atoms with Gasteiger partial charge in [-0.25, -0.2) is 0 Å². The zero-order valence-corrected chi connectivity index (χ0v) is 8.37. The second-order valence-corrected chi connectivity index (χ2v) is 3.19. The maximum Gasteiger partial charge on any atom is 0.157 e. The smallest absolute Gasteiger partial charge is 0.157 e. The summed E-state index contributed by atoms with van der Waals surface area (Å²) in [4.78, 5) is 9.89. The molecule has 0 bridgehead atoms. The largest absolute Gasteiger partial charge is 0.396 e. The number of carbonyl (C=O) groups excluding carboxylic acids is 1. The maximum absolute atomic E-state index is 9.89. The third-order valence-electron chi connectivity index (χ3n) is 1.29. The molecule has 0 aromatic carbocycles. The van der Waals surface area contributed by atoms with Crippen molar-refractivity contribution in [1.82, 2.24) is 0 Å². The van der Waals surface area contributed by atoms with Crippen LogP contribution in [-0.2, 0) is 4.79 Å². The molecule has 0 radical (unpaired) electrons. The van der Waals surface area contributed by atoms with Crippen molar-refractivity contribution in [2.75, 3.05) is 6.61 Å². The molecule has 0 heterocycles. The minimum Gasteiger partial charge on any atom is -0.396 e. The molecule has 0 spiro atoms. The molecule has 0 fully saturated rings. The average Bonchev–Trinajstić information content (AvgIpc) is 1.87. The maximum atomic E-state index is 9.89. The van der Waals surface area contributed by atoms with E-state index >= 15 is 0 Å². The number of aliphatic hydroxyl groups excluding tert-OH is 2. The van der Waals surface area contributed by atoms with E-state index in [9.17, 15) is 4.79 Å². The summed E-state index contributed by atoms with van der Waals surface area (Å²) in [5, 5.41) is 16.5. The fourth-order valence-electron chi connectivity index (χ4n) is 0.258. The van der Waals surface area contributed by atoms with E-state index < -0.39 is 6.10 Å². The van der Waals surface area contributed by atoms with Crippen molar-refractivity contribution in [3.63, 3.8) is 0 Å². The van der Waals surface area contributed by atoms with Crippen molar-refractivity contribution in [2.45, 2.75) is 40.2 Å². The Hall–Kier alpha value is -0.410. The van der Waals surface area contributed by atoms with E-state index in [2.05, 4.69) is 13.8 Å². The second-order valence-electron chi connectivity index (χ2n) is 3.19. The molecule has 1 unspecified atom stereocenters.